The first-order chi connectivity index (χ1) is 12.6. The number of anilines is 1. The lowest BCUT2D eigenvalue weighted by Crippen LogP contribution is -2.35. The maximum atomic E-state index is 13.7. The number of para-hydroxylation sites is 1. The zero-order valence-corrected chi connectivity index (χ0v) is 14.1. The minimum atomic E-state index is -0.639. The summed E-state index contributed by atoms with van der Waals surface area (Å²) in [6.45, 7) is 0. The number of nitrogens with one attached hydrogen (secondary N) is 2. The Morgan fingerprint density at radius 1 is 1.04 bits per heavy atom. The van der Waals surface area contributed by atoms with Gasteiger partial charge in [-0.05, 0) is 24.3 Å². The number of hydrogen-bond donors (Lipinski definition) is 2. The van der Waals surface area contributed by atoms with Crippen LogP contribution in [0.2, 0.25) is 0 Å². The van der Waals surface area contributed by atoms with E-state index in [0.29, 0.717) is 5.69 Å². The molecule has 9 heteroatoms. The summed E-state index contributed by atoms with van der Waals surface area (Å²) in [5, 5.41) is 12.3. The molecule has 0 aliphatic heterocycles. The Morgan fingerprint density at radius 3 is 2.54 bits per heavy atom. The van der Waals surface area contributed by atoms with E-state index < -0.39 is 17.8 Å². The van der Waals surface area contributed by atoms with Crippen LogP contribution in [0.25, 0.3) is 11.5 Å². The van der Waals surface area contributed by atoms with Crippen molar-refractivity contribution in [2.24, 2.45) is 0 Å². The quantitative estimate of drug-likeness (QED) is 0.667. The first-order valence-electron chi connectivity index (χ1n) is 7.49. The maximum Gasteiger partial charge on any atom is 0.325 e. The van der Waals surface area contributed by atoms with Crippen molar-refractivity contribution in [3.63, 3.8) is 0 Å². The molecular formula is C17H13FN4O3S. The second-order valence-electron chi connectivity index (χ2n) is 5.01. The molecule has 0 bridgehead atoms. The number of aromatic nitrogens is 2. The highest BCUT2D eigenvalue weighted by Gasteiger charge is 2.15. The maximum absolute atomic E-state index is 13.7. The molecule has 1 aromatic heterocycles. The summed E-state index contributed by atoms with van der Waals surface area (Å²) in [6, 6.07) is 14.1. The van der Waals surface area contributed by atoms with Gasteiger partial charge in [0.1, 0.15) is 5.82 Å². The number of benzene rings is 2. The largest absolute Gasteiger partial charge is 0.411 e. The van der Waals surface area contributed by atoms with E-state index in [2.05, 4.69) is 20.8 Å². The van der Waals surface area contributed by atoms with Gasteiger partial charge >= 0.3 is 6.03 Å². The Bertz CT molecular complexity index is 917. The highest BCUT2D eigenvalue weighted by molar-refractivity contribution is 7.99. The van der Waals surface area contributed by atoms with E-state index in [4.69, 9.17) is 4.42 Å². The average Bonchev–Trinajstić information content (AvgIpc) is 3.10. The highest BCUT2D eigenvalue weighted by Crippen LogP contribution is 2.24. The van der Waals surface area contributed by atoms with Gasteiger partial charge < -0.3 is 9.73 Å². The third kappa shape index (κ3) is 4.67. The lowest BCUT2D eigenvalue weighted by atomic mass is 10.2. The molecule has 0 radical (unpaired) electrons. The standard InChI is InChI=1S/C17H13FN4O3S/c18-13-9-5-4-8-12(13)15-21-22-17(25-15)26-10-14(23)20-16(24)19-11-6-2-1-3-7-11/h1-9H,10H2,(H2,19,20,23,24). The summed E-state index contributed by atoms with van der Waals surface area (Å²) in [4.78, 5) is 23.5. The molecule has 0 aliphatic rings. The van der Waals surface area contributed by atoms with E-state index in [1.807, 2.05) is 6.07 Å². The molecule has 3 rings (SSSR count). The Hall–Kier alpha value is -3.20. The number of imide groups is 1. The third-order valence-electron chi connectivity index (χ3n) is 3.12. The number of carbonyl (C=O) groups excluding carboxylic acids is 2. The molecule has 0 aliphatic carbocycles. The zero-order chi connectivity index (χ0) is 18.4. The Kier molecular flexibility index (Phi) is 5.59. The molecule has 0 fully saturated rings. The molecule has 0 saturated carbocycles. The molecule has 1 heterocycles. The molecule has 3 amide bonds. The van der Waals surface area contributed by atoms with E-state index in [9.17, 15) is 14.0 Å². The van der Waals surface area contributed by atoms with Crippen LogP contribution in [0.15, 0.2) is 64.2 Å². The van der Waals surface area contributed by atoms with Gasteiger partial charge in [0, 0.05) is 5.69 Å². The molecule has 7 nitrogen and oxygen atoms in total. The van der Waals surface area contributed by atoms with Crippen LogP contribution in [0.1, 0.15) is 0 Å². The number of carbonyl (C=O) groups is 2. The van der Waals surface area contributed by atoms with Gasteiger partial charge in [-0.3, -0.25) is 10.1 Å². The Balaban J connectivity index is 1.51. The fourth-order valence-corrected chi connectivity index (χ4v) is 2.55. The second kappa shape index (κ2) is 8.26. The summed E-state index contributed by atoms with van der Waals surface area (Å²) in [5.74, 6) is -1.11. The molecule has 3 aromatic rings. The predicted octanol–water partition coefficient (Wildman–Crippen LogP) is 3.32. The van der Waals surface area contributed by atoms with Crippen LogP contribution in [0.5, 0.6) is 0 Å². The lowest BCUT2D eigenvalue weighted by Gasteiger charge is -2.05. The molecule has 2 N–H and O–H groups in total. The van der Waals surface area contributed by atoms with Crippen LogP contribution in [0.4, 0.5) is 14.9 Å². The van der Waals surface area contributed by atoms with Crippen molar-refractivity contribution in [2.45, 2.75) is 5.22 Å². The number of amides is 3. The van der Waals surface area contributed by atoms with Crippen molar-refractivity contribution in [2.75, 3.05) is 11.1 Å². The Morgan fingerprint density at radius 2 is 1.77 bits per heavy atom. The van der Waals surface area contributed by atoms with E-state index in [0.717, 1.165) is 11.8 Å². The van der Waals surface area contributed by atoms with Gasteiger partial charge in [0.25, 0.3) is 11.1 Å². The van der Waals surface area contributed by atoms with Gasteiger partial charge in [-0.1, -0.05) is 42.1 Å². The van der Waals surface area contributed by atoms with Crippen molar-refractivity contribution in [1.29, 1.82) is 0 Å². The van der Waals surface area contributed by atoms with Crippen LogP contribution < -0.4 is 10.6 Å². The van der Waals surface area contributed by atoms with Gasteiger partial charge in [-0.15, -0.1) is 10.2 Å². The zero-order valence-electron chi connectivity index (χ0n) is 13.3. The third-order valence-corrected chi connectivity index (χ3v) is 3.94. The van der Waals surface area contributed by atoms with E-state index in [1.54, 1.807) is 36.4 Å². The fourth-order valence-electron chi connectivity index (χ4n) is 1.99. The molecule has 132 valence electrons. The lowest BCUT2D eigenvalue weighted by molar-refractivity contribution is -0.117. The molecule has 26 heavy (non-hydrogen) atoms. The molecule has 2 aromatic carbocycles. The summed E-state index contributed by atoms with van der Waals surface area (Å²) in [6.07, 6.45) is 0. The summed E-state index contributed by atoms with van der Waals surface area (Å²) in [5.41, 5.74) is 0.746. The van der Waals surface area contributed by atoms with Crippen molar-refractivity contribution < 1.29 is 18.4 Å². The van der Waals surface area contributed by atoms with Gasteiger partial charge in [0.15, 0.2) is 0 Å². The predicted molar refractivity (Wildman–Crippen MR) is 94.0 cm³/mol. The van der Waals surface area contributed by atoms with Gasteiger partial charge in [0.05, 0.1) is 11.3 Å². The second-order valence-corrected chi connectivity index (χ2v) is 5.94. The summed E-state index contributed by atoms with van der Waals surface area (Å²) < 4.78 is 19.0. The number of rotatable bonds is 5. The van der Waals surface area contributed by atoms with Crippen molar-refractivity contribution in [3.05, 3.63) is 60.4 Å². The minimum absolute atomic E-state index is 0.0211. The van der Waals surface area contributed by atoms with Crippen molar-refractivity contribution >= 4 is 29.4 Å². The monoisotopic (exact) mass is 372 g/mol. The number of halogens is 1. The van der Waals surface area contributed by atoms with Crippen LogP contribution in [0, 0.1) is 5.82 Å². The first kappa shape index (κ1) is 17.6. The molecule has 0 unspecified atom stereocenters. The molecule has 0 spiro atoms. The number of hydrogen-bond acceptors (Lipinski definition) is 6. The number of thioether (sulfide) groups is 1. The minimum Gasteiger partial charge on any atom is -0.411 e. The van der Waals surface area contributed by atoms with Crippen LogP contribution in [-0.2, 0) is 4.79 Å². The Labute approximate surface area is 152 Å². The first-order valence-corrected chi connectivity index (χ1v) is 8.47. The van der Waals surface area contributed by atoms with E-state index in [-0.39, 0.29) is 22.4 Å². The van der Waals surface area contributed by atoms with Crippen LogP contribution in [-0.4, -0.2) is 27.9 Å². The van der Waals surface area contributed by atoms with Crippen molar-refractivity contribution in [1.82, 2.24) is 15.5 Å². The van der Waals surface area contributed by atoms with Crippen molar-refractivity contribution in [3.8, 4) is 11.5 Å². The number of urea groups is 1. The van der Waals surface area contributed by atoms with Gasteiger partial charge in [-0.2, -0.15) is 0 Å². The number of nitrogens with zero attached hydrogens (tertiary/aromatic N) is 2. The summed E-state index contributed by atoms with van der Waals surface area (Å²) in [7, 11) is 0. The van der Waals surface area contributed by atoms with E-state index >= 15 is 0 Å². The SMILES string of the molecule is O=C(CSc1nnc(-c2ccccc2F)o1)NC(=O)Nc1ccccc1. The molecular weight excluding hydrogens is 359 g/mol. The molecule has 0 atom stereocenters. The topological polar surface area (TPSA) is 97.1 Å². The smallest absolute Gasteiger partial charge is 0.325 e. The average molecular weight is 372 g/mol. The highest BCUT2D eigenvalue weighted by atomic mass is 32.2. The van der Waals surface area contributed by atoms with Crippen LogP contribution >= 0.6 is 11.8 Å². The van der Waals surface area contributed by atoms with Gasteiger partial charge in [-0.25, -0.2) is 9.18 Å². The van der Waals surface area contributed by atoms with Crippen LogP contribution in [0.3, 0.4) is 0 Å². The van der Waals surface area contributed by atoms with E-state index in [1.165, 1.54) is 12.1 Å². The van der Waals surface area contributed by atoms with Gasteiger partial charge in [0.2, 0.25) is 5.91 Å². The summed E-state index contributed by atoms with van der Waals surface area (Å²) >= 11 is 0.943. The fraction of sp³-hybridized carbons (Fsp3) is 0.0588. The molecule has 0 saturated heterocycles. The normalized spacial score (nSPS) is 10.3.